The molecule has 3 rings (SSSR count). The minimum atomic E-state index is -0.403. The first-order chi connectivity index (χ1) is 9.25. The molecule has 1 N–H and O–H groups in total. The summed E-state index contributed by atoms with van der Waals surface area (Å²) in [6.45, 7) is 1.74. The Morgan fingerprint density at radius 2 is 2.11 bits per heavy atom. The summed E-state index contributed by atoms with van der Waals surface area (Å²) < 4.78 is 10.9. The van der Waals surface area contributed by atoms with E-state index in [1.165, 1.54) is 0 Å². The summed E-state index contributed by atoms with van der Waals surface area (Å²) in [5, 5.41) is 14.5. The number of nitro groups is 1. The molecule has 0 aliphatic carbocycles. The predicted octanol–water partition coefficient (Wildman–Crippen LogP) is 2.18. The monoisotopic (exact) mass is 264 g/mol. The van der Waals surface area contributed by atoms with E-state index >= 15 is 0 Å². The molecule has 0 spiro atoms. The van der Waals surface area contributed by atoms with Crippen LogP contribution in [0, 0.1) is 10.1 Å². The van der Waals surface area contributed by atoms with Gasteiger partial charge in [0.2, 0.25) is 5.75 Å². The number of piperidine rings is 1. The smallest absolute Gasteiger partial charge is 0.315 e. The highest BCUT2D eigenvalue weighted by atomic mass is 16.6. The van der Waals surface area contributed by atoms with Crippen molar-refractivity contribution in [3.05, 3.63) is 27.8 Å². The third-order valence-corrected chi connectivity index (χ3v) is 3.55. The van der Waals surface area contributed by atoms with Crippen LogP contribution in [-0.2, 0) is 0 Å². The molecule has 6 nitrogen and oxygen atoms in total. The third kappa shape index (κ3) is 2.35. The molecule has 19 heavy (non-hydrogen) atoms. The second kappa shape index (κ2) is 5.05. The van der Waals surface area contributed by atoms with Gasteiger partial charge in [0.25, 0.3) is 0 Å². The normalized spacial score (nSPS) is 22.0. The van der Waals surface area contributed by atoms with Crippen LogP contribution in [0.15, 0.2) is 12.1 Å². The van der Waals surface area contributed by atoms with Gasteiger partial charge in [-0.05, 0) is 31.0 Å². The largest absolute Gasteiger partial charge is 0.486 e. The van der Waals surface area contributed by atoms with Crippen molar-refractivity contribution in [2.45, 2.75) is 25.3 Å². The lowest BCUT2D eigenvalue weighted by Gasteiger charge is -2.25. The molecule has 0 aromatic heterocycles. The van der Waals surface area contributed by atoms with Gasteiger partial charge in [-0.2, -0.15) is 0 Å². The number of hydrogen-bond donors (Lipinski definition) is 1. The summed E-state index contributed by atoms with van der Waals surface area (Å²) in [5.41, 5.74) is 0.912. The second-order valence-corrected chi connectivity index (χ2v) is 4.82. The van der Waals surface area contributed by atoms with Gasteiger partial charge >= 0.3 is 5.69 Å². The van der Waals surface area contributed by atoms with Gasteiger partial charge in [-0.25, -0.2) is 0 Å². The van der Waals surface area contributed by atoms with Gasteiger partial charge < -0.3 is 14.8 Å². The van der Waals surface area contributed by atoms with Crippen molar-refractivity contribution in [3.8, 4) is 11.5 Å². The quantitative estimate of drug-likeness (QED) is 0.654. The van der Waals surface area contributed by atoms with Gasteiger partial charge in [-0.15, -0.1) is 0 Å². The molecular weight excluding hydrogens is 248 g/mol. The van der Waals surface area contributed by atoms with E-state index in [2.05, 4.69) is 5.32 Å². The number of ether oxygens (including phenoxy) is 2. The summed E-state index contributed by atoms with van der Waals surface area (Å²) in [6.07, 6.45) is 3.29. The fraction of sp³-hybridized carbons (Fsp3) is 0.538. The van der Waals surface area contributed by atoms with E-state index in [0.717, 1.165) is 31.4 Å². The number of rotatable bonds is 2. The summed E-state index contributed by atoms with van der Waals surface area (Å²) in [7, 11) is 0. The van der Waals surface area contributed by atoms with Crippen LogP contribution >= 0.6 is 0 Å². The van der Waals surface area contributed by atoms with Crippen LogP contribution in [-0.4, -0.2) is 24.7 Å². The van der Waals surface area contributed by atoms with Crippen LogP contribution in [0.2, 0.25) is 0 Å². The Morgan fingerprint density at radius 3 is 2.84 bits per heavy atom. The van der Waals surface area contributed by atoms with E-state index in [0.29, 0.717) is 19.0 Å². The van der Waals surface area contributed by atoms with Crippen LogP contribution in [0.25, 0.3) is 0 Å². The lowest BCUT2D eigenvalue weighted by atomic mass is 9.96. The van der Waals surface area contributed by atoms with E-state index in [4.69, 9.17) is 9.47 Å². The van der Waals surface area contributed by atoms with Crippen molar-refractivity contribution in [2.75, 3.05) is 19.8 Å². The number of nitrogens with one attached hydrogen (secondary N) is 1. The van der Waals surface area contributed by atoms with Crippen LogP contribution in [0.3, 0.4) is 0 Å². The second-order valence-electron chi connectivity index (χ2n) is 4.82. The van der Waals surface area contributed by atoms with Gasteiger partial charge in [-0.1, -0.05) is 6.42 Å². The fourth-order valence-electron chi connectivity index (χ4n) is 2.63. The minimum Gasteiger partial charge on any atom is -0.486 e. The van der Waals surface area contributed by atoms with Gasteiger partial charge in [0, 0.05) is 12.1 Å². The minimum absolute atomic E-state index is 0.000395. The molecule has 0 bridgehead atoms. The molecule has 1 aromatic rings. The molecular formula is C13H16N2O4. The number of nitro benzene ring substituents is 1. The lowest BCUT2D eigenvalue weighted by Crippen LogP contribution is -2.27. The maximum Gasteiger partial charge on any atom is 0.315 e. The molecule has 2 aliphatic heterocycles. The average molecular weight is 264 g/mol. The highest BCUT2D eigenvalue weighted by Crippen LogP contribution is 2.42. The Hall–Kier alpha value is -1.82. The highest BCUT2D eigenvalue weighted by molar-refractivity contribution is 5.59. The van der Waals surface area contributed by atoms with Gasteiger partial charge in [-0.3, -0.25) is 10.1 Å². The number of nitrogens with zero attached hydrogens (tertiary/aromatic N) is 1. The van der Waals surface area contributed by atoms with Crippen molar-refractivity contribution in [2.24, 2.45) is 0 Å². The van der Waals surface area contributed by atoms with E-state index in [1.807, 2.05) is 6.07 Å². The SMILES string of the molecule is O=[N+]([O-])c1cc(C2CCCCN2)cc2c1OCCO2. The first-order valence-corrected chi connectivity index (χ1v) is 6.57. The average Bonchev–Trinajstić information content (AvgIpc) is 2.47. The molecule has 6 heteroatoms. The molecule has 0 amide bonds. The molecule has 1 fully saturated rings. The van der Waals surface area contributed by atoms with E-state index in [-0.39, 0.29) is 17.5 Å². The van der Waals surface area contributed by atoms with Gasteiger partial charge in [0.15, 0.2) is 5.75 Å². The maximum absolute atomic E-state index is 11.2. The summed E-state index contributed by atoms with van der Waals surface area (Å²) in [4.78, 5) is 10.8. The Balaban J connectivity index is 2.00. The van der Waals surface area contributed by atoms with E-state index in [1.54, 1.807) is 6.07 Å². The topological polar surface area (TPSA) is 73.6 Å². The zero-order valence-corrected chi connectivity index (χ0v) is 10.6. The summed E-state index contributed by atoms with van der Waals surface area (Å²) in [5.74, 6) is 0.749. The van der Waals surface area contributed by atoms with Gasteiger partial charge in [0.1, 0.15) is 13.2 Å². The standard InChI is InChI=1S/C13H16N2O4/c16-15(17)11-7-9(10-3-1-2-4-14-10)8-12-13(11)19-6-5-18-12/h7-8,10,14H,1-6H2. The Morgan fingerprint density at radius 1 is 1.26 bits per heavy atom. The van der Waals surface area contributed by atoms with Crippen LogP contribution in [0.4, 0.5) is 5.69 Å². The number of hydrogen-bond acceptors (Lipinski definition) is 5. The molecule has 1 unspecified atom stereocenters. The molecule has 0 radical (unpaired) electrons. The molecule has 1 aromatic carbocycles. The van der Waals surface area contributed by atoms with Crippen molar-refractivity contribution >= 4 is 5.69 Å². The lowest BCUT2D eigenvalue weighted by molar-refractivity contribution is -0.386. The molecule has 1 saturated heterocycles. The maximum atomic E-state index is 11.2. The molecule has 2 aliphatic rings. The molecule has 102 valence electrons. The van der Waals surface area contributed by atoms with Crippen LogP contribution < -0.4 is 14.8 Å². The van der Waals surface area contributed by atoms with Crippen molar-refractivity contribution in [3.63, 3.8) is 0 Å². The van der Waals surface area contributed by atoms with Gasteiger partial charge in [0.05, 0.1) is 4.92 Å². The summed E-state index contributed by atoms with van der Waals surface area (Å²) in [6, 6.07) is 3.64. The van der Waals surface area contributed by atoms with Crippen molar-refractivity contribution < 1.29 is 14.4 Å². The van der Waals surface area contributed by atoms with E-state index < -0.39 is 4.92 Å². The third-order valence-electron chi connectivity index (χ3n) is 3.55. The molecule has 1 atom stereocenters. The Bertz CT molecular complexity index is 498. The number of benzene rings is 1. The van der Waals surface area contributed by atoms with Crippen molar-refractivity contribution in [1.82, 2.24) is 5.32 Å². The molecule has 0 saturated carbocycles. The zero-order chi connectivity index (χ0) is 13.2. The predicted molar refractivity (Wildman–Crippen MR) is 68.7 cm³/mol. The van der Waals surface area contributed by atoms with Crippen LogP contribution in [0.5, 0.6) is 11.5 Å². The highest BCUT2D eigenvalue weighted by Gasteiger charge is 2.27. The van der Waals surface area contributed by atoms with E-state index in [9.17, 15) is 10.1 Å². The fourth-order valence-corrected chi connectivity index (χ4v) is 2.63. The summed E-state index contributed by atoms with van der Waals surface area (Å²) >= 11 is 0. The Kier molecular flexibility index (Phi) is 3.25. The first-order valence-electron chi connectivity index (χ1n) is 6.57. The molecule has 2 heterocycles. The first kappa shape index (κ1) is 12.2. The Labute approximate surface area is 110 Å². The zero-order valence-electron chi connectivity index (χ0n) is 10.6. The van der Waals surface area contributed by atoms with Crippen molar-refractivity contribution in [1.29, 1.82) is 0 Å². The van der Waals surface area contributed by atoms with Crippen LogP contribution in [0.1, 0.15) is 30.9 Å². The number of fused-ring (bicyclic) bond motifs is 1.